The number of nitrogens with one attached hydrogen (secondary N) is 3. The molecule has 5 nitrogen and oxygen atoms in total. The Labute approximate surface area is 153 Å². The molecule has 0 spiro atoms. The zero-order chi connectivity index (χ0) is 18.4. The van der Waals surface area contributed by atoms with Crippen molar-refractivity contribution in [3.8, 4) is 5.75 Å². The van der Waals surface area contributed by atoms with Crippen LogP contribution in [0.5, 0.6) is 5.75 Å². The highest BCUT2D eigenvalue weighted by atomic mass is 16.5. The lowest BCUT2D eigenvalue weighted by atomic mass is 10.1. The van der Waals surface area contributed by atoms with Crippen LogP contribution in [0.3, 0.4) is 0 Å². The van der Waals surface area contributed by atoms with Gasteiger partial charge < -0.3 is 20.4 Å². The van der Waals surface area contributed by atoms with E-state index in [0.717, 1.165) is 29.6 Å². The molecule has 0 atom stereocenters. The Bertz CT molecular complexity index is 870. The van der Waals surface area contributed by atoms with Gasteiger partial charge in [-0.1, -0.05) is 32.0 Å². The molecule has 0 saturated heterocycles. The fourth-order valence-electron chi connectivity index (χ4n) is 2.81. The summed E-state index contributed by atoms with van der Waals surface area (Å²) in [4.78, 5) is 15.9. The molecule has 0 unspecified atom stereocenters. The molecule has 3 aromatic rings. The molecule has 136 valence electrons. The van der Waals surface area contributed by atoms with Crippen LogP contribution in [0.1, 0.15) is 30.6 Å². The number of aromatic amines is 1. The van der Waals surface area contributed by atoms with Gasteiger partial charge in [0, 0.05) is 23.1 Å². The Hall–Kier alpha value is -2.79. The third kappa shape index (κ3) is 4.43. The lowest BCUT2D eigenvalue weighted by Gasteiger charge is -2.13. The molecule has 1 aromatic heterocycles. The molecule has 3 rings (SSSR count). The topological polar surface area (TPSA) is 66.2 Å². The van der Waals surface area contributed by atoms with Crippen molar-refractivity contribution in [2.24, 2.45) is 0 Å². The number of carbonyl (C=O) groups excluding carboxylic acids is 1. The number of amides is 1. The highest BCUT2D eigenvalue weighted by Gasteiger charge is 2.13. The van der Waals surface area contributed by atoms with Crippen LogP contribution in [0.2, 0.25) is 0 Å². The van der Waals surface area contributed by atoms with E-state index in [2.05, 4.69) is 29.5 Å². The van der Waals surface area contributed by atoms with Crippen LogP contribution >= 0.6 is 0 Å². The summed E-state index contributed by atoms with van der Waals surface area (Å²) in [6.07, 6.45) is 2.75. The second-order valence-corrected chi connectivity index (χ2v) is 6.51. The van der Waals surface area contributed by atoms with Gasteiger partial charge in [-0.3, -0.25) is 4.79 Å². The second kappa shape index (κ2) is 8.54. The van der Waals surface area contributed by atoms with E-state index < -0.39 is 0 Å². The number of hydrogen-bond acceptors (Lipinski definition) is 3. The van der Waals surface area contributed by atoms with Gasteiger partial charge in [0.1, 0.15) is 5.75 Å². The molecule has 0 fully saturated rings. The molecular weight excluding hydrogens is 326 g/mol. The number of carbonyl (C=O) groups is 1. The van der Waals surface area contributed by atoms with E-state index >= 15 is 0 Å². The van der Waals surface area contributed by atoms with Gasteiger partial charge >= 0.3 is 0 Å². The molecular formula is C21H25N3O2. The number of benzene rings is 2. The van der Waals surface area contributed by atoms with E-state index in [-0.39, 0.29) is 5.91 Å². The molecule has 0 aliphatic rings. The largest absolute Gasteiger partial charge is 0.493 e. The summed E-state index contributed by atoms with van der Waals surface area (Å²) in [6.45, 7) is 5.69. The summed E-state index contributed by atoms with van der Waals surface area (Å²) < 4.78 is 5.84. The minimum Gasteiger partial charge on any atom is -0.493 e. The lowest BCUT2D eigenvalue weighted by molar-refractivity contribution is 0.102. The smallest absolute Gasteiger partial charge is 0.259 e. The van der Waals surface area contributed by atoms with Crippen molar-refractivity contribution in [2.45, 2.75) is 26.3 Å². The third-order valence-electron chi connectivity index (χ3n) is 4.11. The normalized spacial score (nSPS) is 11.0. The Morgan fingerprint density at radius 1 is 1.12 bits per heavy atom. The average molecular weight is 351 g/mol. The third-order valence-corrected chi connectivity index (χ3v) is 4.11. The quantitative estimate of drug-likeness (QED) is 0.533. The molecule has 26 heavy (non-hydrogen) atoms. The highest BCUT2D eigenvalue weighted by Crippen LogP contribution is 2.25. The van der Waals surface area contributed by atoms with Gasteiger partial charge in [0.15, 0.2) is 0 Å². The Balaban J connectivity index is 1.67. The Morgan fingerprint density at radius 2 is 1.96 bits per heavy atom. The predicted molar refractivity (Wildman–Crippen MR) is 106 cm³/mol. The predicted octanol–water partition coefficient (Wildman–Crippen LogP) is 4.19. The molecule has 0 saturated carbocycles. The van der Waals surface area contributed by atoms with Crippen LogP contribution in [0.4, 0.5) is 5.69 Å². The number of anilines is 1. The standard InChI is InChI=1S/C21H25N3O2/c1-15(2)22-12-6-14-26-20-10-4-3-7-17(20)21(25)24-19-9-5-8-18-16(19)11-13-23-18/h3-5,7-11,13,15,22-23H,6,12,14H2,1-2H3,(H,24,25). The Morgan fingerprint density at radius 3 is 2.81 bits per heavy atom. The maximum Gasteiger partial charge on any atom is 0.259 e. The van der Waals surface area contributed by atoms with Crippen LogP contribution in [0.15, 0.2) is 54.7 Å². The average Bonchev–Trinajstić information content (AvgIpc) is 3.11. The molecule has 0 aliphatic carbocycles. The van der Waals surface area contributed by atoms with Crippen LogP contribution in [-0.4, -0.2) is 30.1 Å². The summed E-state index contributed by atoms with van der Waals surface area (Å²) in [5, 5.41) is 7.33. The van der Waals surface area contributed by atoms with Gasteiger partial charge in [-0.05, 0) is 43.3 Å². The number of hydrogen-bond donors (Lipinski definition) is 3. The molecule has 3 N–H and O–H groups in total. The van der Waals surface area contributed by atoms with E-state index in [9.17, 15) is 4.79 Å². The summed E-state index contributed by atoms with van der Waals surface area (Å²) in [6, 6.07) is 15.6. The second-order valence-electron chi connectivity index (χ2n) is 6.51. The molecule has 0 bridgehead atoms. The van der Waals surface area contributed by atoms with Crippen molar-refractivity contribution < 1.29 is 9.53 Å². The van der Waals surface area contributed by atoms with Gasteiger partial charge in [-0.25, -0.2) is 0 Å². The number of para-hydroxylation sites is 1. The molecule has 5 heteroatoms. The zero-order valence-electron chi connectivity index (χ0n) is 15.2. The molecule has 0 radical (unpaired) electrons. The number of ether oxygens (including phenoxy) is 1. The Kier molecular flexibility index (Phi) is 5.92. The molecule has 0 aliphatic heterocycles. The van der Waals surface area contributed by atoms with Gasteiger partial charge in [0.2, 0.25) is 0 Å². The lowest BCUT2D eigenvalue weighted by Crippen LogP contribution is -2.25. The van der Waals surface area contributed by atoms with E-state index in [1.807, 2.05) is 48.7 Å². The first-order chi connectivity index (χ1) is 12.6. The fraction of sp³-hybridized carbons (Fsp3) is 0.286. The van der Waals surface area contributed by atoms with Crippen molar-refractivity contribution in [3.63, 3.8) is 0 Å². The van der Waals surface area contributed by atoms with E-state index in [4.69, 9.17) is 4.74 Å². The van der Waals surface area contributed by atoms with Crippen molar-refractivity contribution in [3.05, 3.63) is 60.3 Å². The van der Waals surface area contributed by atoms with Gasteiger partial charge in [-0.15, -0.1) is 0 Å². The van der Waals surface area contributed by atoms with Gasteiger partial charge in [0.25, 0.3) is 5.91 Å². The van der Waals surface area contributed by atoms with Gasteiger partial charge in [-0.2, -0.15) is 0 Å². The van der Waals surface area contributed by atoms with Crippen LogP contribution < -0.4 is 15.4 Å². The fourth-order valence-corrected chi connectivity index (χ4v) is 2.81. The molecule has 1 amide bonds. The van der Waals surface area contributed by atoms with Crippen LogP contribution in [0.25, 0.3) is 10.9 Å². The number of aromatic nitrogens is 1. The number of fused-ring (bicyclic) bond motifs is 1. The van der Waals surface area contributed by atoms with Crippen molar-refractivity contribution in [1.82, 2.24) is 10.3 Å². The summed E-state index contributed by atoms with van der Waals surface area (Å²) in [5.41, 5.74) is 2.31. The van der Waals surface area contributed by atoms with Crippen molar-refractivity contribution >= 4 is 22.5 Å². The SMILES string of the molecule is CC(C)NCCCOc1ccccc1C(=O)Nc1cccc2[nH]ccc12. The van der Waals surface area contributed by atoms with Crippen molar-refractivity contribution in [1.29, 1.82) is 0 Å². The first kappa shape index (κ1) is 18.0. The molecule has 1 heterocycles. The van der Waals surface area contributed by atoms with E-state index in [1.165, 1.54) is 0 Å². The minimum atomic E-state index is -0.172. The van der Waals surface area contributed by atoms with Crippen LogP contribution in [-0.2, 0) is 0 Å². The summed E-state index contributed by atoms with van der Waals surface area (Å²) in [5.74, 6) is 0.436. The first-order valence-electron chi connectivity index (χ1n) is 8.98. The summed E-state index contributed by atoms with van der Waals surface area (Å²) in [7, 11) is 0. The molecule has 2 aromatic carbocycles. The minimum absolute atomic E-state index is 0.172. The first-order valence-corrected chi connectivity index (χ1v) is 8.98. The maximum atomic E-state index is 12.8. The van der Waals surface area contributed by atoms with Crippen LogP contribution in [0, 0.1) is 0 Å². The number of H-pyrrole nitrogens is 1. The zero-order valence-corrected chi connectivity index (χ0v) is 15.2. The highest BCUT2D eigenvalue weighted by molar-refractivity contribution is 6.10. The maximum absolute atomic E-state index is 12.8. The monoisotopic (exact) mass is 351 g/mol. The van der Waals surface area contributed by atoms with Crippen molar-refractivity contribution in [2.75, 3.05) is 18.5 Å². The number of rotatable bonds is 8. The van der Waals surface area contributed by atoms with E-state index in [0.29, 0.717) is 24.0 Å². The van der Waals surface area contributed by atoms with E-state index in [1.54, 1.807) is 6.07 Å². The summed E-state index contributed by atoms with van der Waals surface area (Å²) >= 11 is 0. The van der Waals surface area contributed by atoms with Gasteiger partial charge in [0.05, 0.1) is 17.9 Å².